The maximum Gasteiger partial charge on any atom is 0.161 e. The molecule has 0 bridgehead atoms. The Morgan fingerprint density at radius 2 is 2.00 bits per heavy atom. The Labute approximate surface area is 110 Å². The molecule has 1 N–H and O–H groups in total. The Balaban J connectivity index is 2.54. The lowest BCUT2D eigenvalue weighted by Gasteiger charge is -2.12. The van der Waals surface area contributed by atoms with Crippen LogP contribution < -0.4 is 14.8 Å². The molecule has 18 heavy (non-hydrogen) atoms. The van der Waals surface area contributed by atoms with Crippen LogP contribution in [0.2, 0.25) is 0 Å². The van der Waals surface area contributed by atoms with Crippen LogP contribution in [0.3, 0.4) is 0 Å². The van der Waals surface area contributed by atoms with Crippen molar-refractivity contribution in [1.29, 1.82) is 0 Å². The van der Waals surface area contributed by atoms with Crippen molar-refractivity contribution in [2.24, 2.45) is 5.92 Å². The van der Waals surface area contributed by atoms with Crippen LogP contribution in [0.5, 0.6) is 11.5 Å². The third kappa shape index (κ3) is 4.96. The van der Waals surface area contributed by atoms with Crippen molar-refractivity contribution < 1.29 is 9.47 Å². The maximum atomic E-state index is 5.77. The summed E-state index contributed by atoms with van der Waals surface area (Å²) in [7, 11) is 3.61. The summed E-state index contributed by atoms with van der Waals surface area (Å²) in [5.41, 5.74) is 1.20. The van der Waals surface area contributed by atoms with Crippen LogP contribution in [-0.4, -0.2) is 20.8 Å². The zero-order valence-corrected chi connectivity index (χ0v) is 12.0. The smallest absolute Gasteiger partial charge is 0.161 e. The fourth-order valence-electron chi connectivity index (χ4n) is 1.82. The molecule has 0 aliphatic heterocycles. The highest BCUT2D eigenvalue weighted by atomic mass is 16.5. The van der Waals surface area contributed by atoms with E-state index in [1.54, 1.807) is 7.11 Å². The largest absolute Gasteiger partial charge is 0.493 e. The van der Waals surface area contributed by atoms with Crippen LogP contribution in [0, 0.1) is 5.92 Å². The minimum absolute atomic E-state index is 0.730. The predicted molar refractivity (Wildman–Crippen MR) is 75.3 cm³/mol. The first-order chi connectivity index (χ1) is 8.67. The monoisotopic (exact) mass is 251 g/mol. The van der Waals surface area contributed by atoms with E-state index in [0.29, 0.717) is 0 Å². The highest BCUT2D eigenvalue weighted by Gasteiger charge is 2.05. The average molecular weight is 251 g/mol. The van der Waals surface area contributed by atoms with Gasteiger partial charge < -0.3 is 14.8 Å². The van der Waals surface area contributed by atoms with Crippen molar-refractivity contribution in [3.05, 3.63) is 23.8 Å². The molecule has 3 nitrogen and oxygen atoms in total. The SMILES string of the molecule is CNCc1ccc(OCCCC(C)C)c(OC)c1. The van der Waals surface area contributed by atoms with E-state index >= 15 is 0 Å². The van der Waals surface area contributed by atoms with Crippen LogP contribution in [0.15, 0.2) is 18.2 Å². The lowest BCUT2D eigenvalue weighted by Crippen LogP contribution is -2.06. The normalized spacial score (nSPS) is 10.7. The molecule has 1 aromatic carbocycles. The second-order valence-corrected chi connectivity index (χ2v) is 4.90. The number of methoxy groups -OCH3 is 1. The number of nitrogens with one attached hydrogen (secondary N) is 1. The zero-order valence-electron chi connectivity index (χ0n) is 12.0. The average Bonchev–Trinajstić information content (AvgIpc) is 2.35. The van der Waals surface area contributed by atoms with Gasteiger partial charge in [-0.1, -0.05) is 19.9 Å². The molecule has 0 aliphatic rings. The number of ether oxygens (including phenoxy) is 2. The molecule has 0 atom stereocenters. The van der Waals surface area contributed by atoms with E-state index in [9.17, 15) is 0 Å². The van der Waals surface area contributed by atoms with Crippen molar-refractivity contribution in [3.63, 3.8) is 0 Å². The molecule has 0 unspecified atom stereocenters. The van der Waals surface area contributed by atoms with Gasteiger partial charge in [0, 0.05) is 6.54 Å². The highest BCUT2D eigenvalue weighted by Crippen LogP contribution is 2.28. The fourth-order valence-corrected chi connectivity index (χ4v) is 1.82. The lowest BCUT2D eigenvalue weighted by atomic mass is 10.1. The molecule has 0 amide bonds. The van der Waals surface area contributed by atoms with Crippen LogP contribution in [0.4, 0.5) is 0 Å². The van der Waals surface area contributed by atoms with Crippen molar-refractivity contribution >= 4 is 0 Å². The van der Waals surface area contributed by atoms with E-state index in [0.717, 1.165) is 37.0 Å². The summed E-state index contributed by atoms with van der Waals surface area (Å²) in [5.74, 6) is 2.38. The molecule has 0 spiro atoms. The van der Waals surface area contributed by atoms with Gasteiger partial charge in [-0.15, -0.1) is 0 Å². The van der Waals surface area contributed by atoms with E-state index < -0.39 is 0 Å². The van der Waals surface area contributed by atoms with E-state index in [1.807, 2.05) is 19.2 Å². The topological polar surface area (TPSA) is 30.5 Å². The summed E-state index contributed by atoms with van der Waals surface area (Å²) in [6.07, 6.45) is 2.28. The van der Waals surface area contributed by atoms with Crippen LogP contribution >= 0.6 is 0 Å². The number of hydrogen-bond donors (Lipinski definition) is 1. The van der Waals surface area contributed by atoms with Gasteiger partial charge in [-0.25, -0.2) is 0 Å². The molecule has 102 valence electrons. The quantitative estimate of drug-likeness (QED) is 0.720. The molecule has 0 aromatic heterocycles. The second-order valence-electron chi connectivity index (χ2n) is 4.90. The van der Waals surface area contributed by atoms with Crippen LogP contribution in [-0.2, 0) is 6.54 Å². The Hall–Kier alpha value is -1.22. The van der Waals surface area contributed by atoms with E-state index in [-0.39, 0.29) is 0 Å². The Morgan fingerprint density at radius 3 is 2.61 bits per heavy atom. The minimum Gasteiger partial charge on any atom is -0.493 e. The molecular formula is C15H25NO2. The van der Waals surface area contributed by atoms with Crippen molar-refractivity contribution in [2.45, 2.75) is 33.2 Å². The molecule has 0 heterocycles. The summed E-state index contributed by atoms with van der Waals surface area (Å²) >= 11 is 0. The van der Waals surface area contributed by atoms with E-state index in [4.69, 9.17) is 9.47 Å². The van der Waals surface area contributed by atoms with Gasteiger partial charge in [0.15, 0.2) is 11.5 Å². The van der Waals surface area contributed by atoms with E-state index in [1.165, 1.54) is 12.0 Å². The maximum absolute atomic E-state index is 5.77. The van der Waals surface area contributed by atoms with Crippen LogP contribution in [0.25, 0.3) is 0 Å². The minimum atomic E-state index is 0.730. The molecular weight excluding hydrogens is 226 g/mol. The molecule has 3 heteroatoms. The van der Waals surface area contributed by atoms with E-state index in [2.05, 4.69) is 25.2 Å². The van der Waals surface area contributed by atoms with Gasteiger partial charge in [0.1, 0.15) is 0 Å². The van der Waals surface area contributed by atoms with Crippen molar-refractivity contribution in [3.8, 4) is 11.5 Å². The third-order valence-corrected chi connectivity index (χ3v) is 2.79. The summed E-state index contributed by atoms with van der Waals surface area (Å²) < 4.78 is 11.1. The zero-order chi connectivity index (χ0) is 13.4. The molecule has 0 fully saturated rings. The lowest BCUT2D eigenvalue weighted by molar-refractivity contribution is 0.279. The molecule has 1 aromatic rings. The van der Waals surface area contributed by atoms with Crippen molar-refractivity contribution in [2.75, 3.05) is 20.8 Å². The Bertz CT molecular complexity index is 350. The Kier molecular flexibility index (Phi) is 6.58. The summed E-state index contributed by atoms with van der Waals surface area (Å²) in [4.78, 5) is 0. The number of benzene rings is 1. The predicted octanol–water partition coefficient (Wildman–Crippen LogP) is 3.23. The fraction of sp³-hybridized carbons (Fsp3) is 0.600. The molecule has 0 saturated carbocycles. The summed E-state index contributed by atoms with van der Waals surface area (Å²) in [6.45, 7) is 6.05. The molecule has 0 saturated heterocycles. The van der Waals surface area contributed by atoms with Gasteiger partial charge in [-0.05, 0) is 43.5 Å². The number of rotatable bonds is 8. The van der Waals surface area contributed by atoms with Gasteiger partial charge in [-0.3, -0.25) is 0 Å². The van der Waals surface area contributed by atoms with Crippen molar-refractivity contribution in [1.82, 2.24) is 5.32 Å². The highest BCUT2D eigenvalue weighted by molar-refractivity contribution is 5.42. The van der Waals surface area contributed by atoms with Gasteiger partial charge in [0.2, 0.25) is 0 Å². The molecule has 0 radical (unpaired) electrons. The molecule has 1 rings (SSSR count). The summed E-state index contributed by atoms with van der Waals surface area (Å²) in [6, 6.07) is 6.08. The van der Waals surface area contributed by atoms with Gasteiger partial charge >= 0.3 is 0 Å². The number of hydrogen-bond acceptors (Lipinski definition) is 3. The van der Waals surface area contributed by atoms with Crippen LogP contribution in [0.1, 0.15) is 32.3 Å². The Morgan fingerprint density at radius 1 is 1.22 bits per heavy atom. The van der Waals surface area contributed by atoms with Gasteiger partial charge in [0.25, 0.3) is 0 Å². The first-order valence-electron chi connectivity index (χ1n) is 6.61. The first-order valence-corrected chi connectivity index (χ1v) is 6.61. The standard InChI is InChI=1S/C15H25NO2/c1-12(2)6-5-9-18-14-8-7-13(11-16-3)10-15(14)17-4/h7-8,10,12,16H,5-6,9,11H2,1-4H3. The molecule has 0 aliphatic carbocycles. The third-order valence-electron chi connectivity index (χ3n) is 2.79. The van der Waals surface area contributed by atoms with Gasteiger partial charge in [-0.2, -0.15) is 0 Å². The first kappa shape index (κ1) is 14.8. The second kappa shape index (κ2) is 7.98. The summed E-state index contributed by atoms with van der Waals surface area (Å²) in [5, 5.41) is 3.12. The van der Waals surface area contributed by atoms with Gasteiger partial charge in [0.05, 0.1) is 13.7 Å².